The molecule has 0 rings (SSSR count). The van der Waals surface area contributed by atoms with Crippen LogP contribution >= 0.6 is 0 Å². The summed E-state index contributed by atoms with van der Waals surface area (Å²) in [6.07, 6.45) is 0. The number of hydrogen-bond acceptors (Lipinski definition) is 4. The lowest BCUT2D eigenvalue weighted by Gasteiger charge is -2.14. The topological polar surface area (TPSA) is 103 Å². The van der Waals surface area contributed by atoms with E-state index >= 15 is 0 Å². The number of nitrogens with one attached hydrogen (secondary N) is 1. The molecule has 13 heavy (non-hydrogen) atoms. The minimum absolute atomic E-state index is 0.0133. The van der Waals surface area contributed by atoms with Crippen LogP contribution in [0, 0.1) is 5.92 Å². The molecule has 6 heteroatoms. The highest BCUT2D eigenvalue weighted by Crippen LogP contribution is 2.07. The summed E-state index contributed by atoms with van der Waals surface area (Å²) in [4.78, 5) is 15.0. The third-order valence-electron chi connectivity index (χ3n) is 1.50. The Morgan fingerprint density at radius 1 is 1.54 bits per heavy atom. The van der Waals surface area contributed by atoms with Crippen LogP contribution in [0.4, 0.5) is 0 Å². The van der Waals surface area contributed by atoms with Gasteiger partial charge in [-0.05, 0) is 5.92 Å². The molecule has 0 radical (unpaired) electrons. The van der Waals surface area contributed by atoms with E-state index in [1.807, 2.05) is 13.8 Å². The predicted molar refractivity (Wildman–Crippen MR) is 49.6 cm³/mol. The van der Waals surface area contributed by atoms with Crippen LogP contribution in [-0.2, 0) is 9.53 Å². The number of methoxy groups -OCH3 is 1. The zero-order valence-corrected chi connectivity index (χ0v) is 8.07. The van der Waals surface area contributed by atoms with Gasteiger partial charge < -0.3 is 10.5 Å². The first kappa shape index (κ1) is 11.7. The molecule has 0 amide bonds. The molecule has 0 aliphatic heterocycles. The molecule has 0 aromatic heterocycles. The number of carbonyl (C=O) groups excluding carboxylic acids is 1. The Labute approximate surface area is 77.3 Å². The van der Waals surface area contributed by atoms with E-state index in [4.69, 9.17) is 11.6 Å². The second kappa shape index (κ2) is 5.36. The Hall–Kier alpha value is -1.30. The average molecular weight is 188 g/mol. The lowest BCUT2D eigenvalue weighted by Crippen LogP contribution is -2.40. The SMILES string of the molecule is COC(=O)C(N=C(N)NN)C(C)C. The molecule has 1 atom stereocenters. The summed E-state index contributed by atoms with van der Waals surface area (Å²) < 4.78 is 4.55. The number of ether oxygens (including phenoxy) is 1. The third-order valence-corrected chi connectivity index (χ3v) is 1.50. The minimum atomic E-state index is -0.610. The molecule has 0 aliphatic carbocycles. The van der Waals surface area contributed by atoms with Crippen molar-refractivity contribution in [3.05, 3.63) is 0 Å². The van der Waals surface area contributed by atoms with Gasteiger partial charge in [-0.1, -0.05) is 13.8 Å². The predicted octanol–water partition coefficient (Wildman–Crippen LogP) is -1.04. The zero-order chi connectivity index (χ0) is 10.4. The second-order valence-electron chi connectivity index (χ2n) is 2.87. The summed E-state index contributed by atoms with van der Waals surface area (Å²) in [5.41, 5.74) is 7.46. The highest BCUT2D eigenvalue weighted by molar-refractivity contribution is 5.83. The molecule has 0 aromatic carbocycles. The standard InChI is InChI=1S/C7H16N4O2/c1-4(2)5(6(12)13-3)10-7(8)11-9/h4-5H,9H2,1-3H3,(H3,8,10,11). The Kier molecular flexibility index (Phi) is 4.83. The fraction of sp³-hybridized carbons (Fsp3) is 0.714. The lowest BCUT2D eigenvalue weighted by molar-refractivity contribution is -0.143. The van der Waals surface area contributed by atoms with Crippen molar-refractivity contribution in [2.45, 2.75) is 19.9 Å². The number of nitrogens with zero attached hydrogens (tertiary/aromatic N) is 1. The van der Waals surface area contributed by atoms with Gasteiger partial charge in [-0.15, -0.1) is 0 Å². The molecular weight excluding hydrogens is 172 g/mol. The van der Waals surface area contributed by atoms with Gasteiger partial charge in [-0.2, -0.15) is 0 Å². The van der Waals surface area contributed by atoms with Crippen LogP contribution in [0.2, 0.25) is 0 Å². The fourth-order valence-electron chi connectivity index (χ4n) is 0.782. The quantitative estimate of drug-likeness (QED) is 0.173. The van der Waals surface area contributed by atoms with E-state index in [1.165, 1.54) is 7.11 Å². The first-order chi connectivity index (χ1) is 6.02. The Balaban J connectivity index is 4.53. The van der Waals surface area contributed by atoms with Crippen molar-refractivity contribution >= 4 is 11.9 Å². The highest BCUT2D eigenvalue weighted by Gasteiger charge is 2.22. The molecule has 0 aliphatic rings. The van der Waals surface area contributed by atoms with Gasteiger partial charge in [0.05, 0.1) is 7.11 Å². The van der Waals surface area contributed by atoms with E-state index < -0.39 is 12.0 Å². The molecule has 0 fully saturated rings. The summed E-state index contributed by atoms with van der Waals surface area (Å²) >= 11 is 0. The number of carbonyl (C=O) groups is 1. The minimum Gasteiger partial charge on any atom is -0.467 e. The van der Waals surface area contributed by atoms with E-state index in [0.29, 0.717) is 0 Å². The smallest absolute Gasteiger partial charge is 0.330 e. The van der Waals surface area contributed by atoms with Crippen molar-refractivity contribution in [3.8, 4) is 0 Å². The Morgan fingerprint density at radius 2 is 2.08 bits per heavy atom. The normalized spacial score (nSPS) is 14.1. The van der Waals surface area contributed by atoms with E-state index in [2.05, 4.69) is 15.2 Å². The number of aliphatic imine (C=N–C) groups is 1. The van der Waals surface area contributed by atoms with Crippen LogP contribution in [0.5, 0.6) is 0 Å². The van der Waals surface area contributed by atoms with Crippen LogP contribution < -0.4 is 17.0 Å². The number of guanidine groups is 1. The molecular formula is C7H16N4O2. The van der Waals surface area contributed by atoms with E-state index in [1.54, 1.807) is 0 Å². The van der Waals surface area contributed by atoms with Crippen molar-refractivity contribution < 1.29 is 9.53 Å². The van der Waals surface area contributed by atoms with E-state index in [-0.39, 0.29) is 11.9 Å². The Bertz CT molecular complexity index is 203. The highest BCUT2D eigenvalue weighted by atomic mass is 16.5. The van der Waals surface area contributed by atoms with E-state index in [0.717, 1.165) is 0 Å². The molecule has 0 saturated heterocycles. The number of hydrazine groups is 1. The summed E-state index contributed by atoms with van der Waals surface area (Å²) in [5, 5.41) is 0. The van der Waals surface area contributed by atoms with Gasteiger partial charge in [0.15, 0.2) is 6.04 Å². The summed E-state index contributed by atoms with van der Waals surface area (Å²) in [6, 6.07) is -0.610. The van der Waals surface area contributed by atoms with Gasteiger partial charge in [0.25, 0.3) is 0 Å². The average Bonchev–Trinajstić information content (AvgIpc) is 2.11. The summed E-state index contributed by atoms with van der Waals surface area (Å²) in [5.74, 6) is 4.61. The van der Waals surface area contributed by atoms with Crippen molar-refractivity contribution in [3.63, 3.8) is 0 Å². The summed E-state index contributed by atoms with van der Waals surface area (Å²) in [7, 11) is 1.30. The van der Waals surface area contributed by atoms with Gasteiger partial charge in [0, 0.05) is 0 Å². The molecule has 0 heterocycles. The molecule has 0 saturated carbocycles. The monoisotopic (exact) mass is 188 g/mol. The van der Waals surface area contributed by atoms with Crippen molar-refractivity contribution in [1.29, 1.82) is 0 Å². The number of nitrogens with two attached hydrogens (primary N) is 2. The number of rotatable bonds is 3. The van der Waals surface area contributed by atoms with Crippen molar-refractivity contribution in [2.24, 2.45) is 22.5 Å². The van der Waals surface area contributed by atoms with Gasteiger partial charge in [-0.3, -0.25) is 5.43 Å². The van der Waals surface area contributed by atoms with Crippen LogP contribution in [0.15, 0.2) is 4.99 Å². The van der Waals surface area contributed by atoms with Crippen LogP contribution in [-0.4, -0.2) is 25.1 Å². The zero-order valence-electron chi connectivity index (χ0n) is 8.07. The van der Waals surface area contributed by atoms with Gasteiger partial charge in [0.1, 0.15) is 0 Å². The van der Waals surface area contributed by atoms with Gasteiger partial charge in [-0.25, -0.2) is 15.6 Å². The molecule has 0 aromatic rings. The molecule has 6 nitrogen and oxygen atoms in total. The maximum Gasteiger partial charge on any atom is 0.330 e. The molecule has 5 N–H and O–H groups in total. The molecule has 1 unspecified atom stereocenters. The van der Waals surface area contributed by atoms with Crippen LogP contribution in [0.25, 0.3) is 0 Å². The lowest BCUT2D eigenvalue weighted by atomic mass is 10.1. The first-order valence-corrected chi connectivity index (χ1v) is 3.90. The maximum absolute atomic E-state index is 11.2. The largest absolute Gasteiger partial charge is 0.467 e. The molecule has 76 valence electrons. The van der Waals surface area contributed by atoms with Crippen molar-refractivity contribution in [2.75, 3.05) is 7.11 Å². The Morgan fingerprint density at radius 3 is 2.38 bits per heavy atom. The molecule has 0 spiro atoms. The van der Waals surface area contributed by atoms with Gasteiger partial charge in [0.2, 0.25) is 5.96 Å². The first-order valence-electron chi connectivity index (χ1n) is 3.90. The second-order valence-corrected chi connectivity index (χ2v) is 2.87. The maximum atomic E-state index is 11.2. The fourth-order valence-corrected chi connectivity index (χ4v) is 0.782. The van der Waals surface area contributed by atoms with Crippen LogP contribution in [0.3, 0.4) is 0 Å². The van der Waals surface area contributed by atoms with Crippen LogP contribution in [0.1, 0.15) is 13.8 Å². The van der Waals surface area contributed by atoms with E-state index in [9.17, 15) is 4.79 Å². The van der Waals surface area contributed by atoms with Crippen molar-refractivity contribution in [1.82, 2.24) is 5.43 Å². The number of hydrogen-bond donors (Lipinski definition) is 3. The third kappa shape index (κ3) is 3.75. The number of esters is 1. The summed E-state index contributed by atoms with van der Waals surface area (Å²) in [6.45, 7) is 3.68. The van der Waals surface area contributed by atoms with Gasteiger partial charge >= 0.3 is 5.97 Å². The molecule has 0 bridgehead atoms.